The molecule has 1 N–H and O–H groups in total. The highest BCUT2D eigenvalue weighted by molar-refractivity contribution is 5.94. The van der Waals surface area contributed by atoms with Gasteiger partial charge in [-0.1, -0.05) is 41.7 Å². The number of rotatable bonds is 3. The van der Waals surface area contributed by atoms with Gasteiger partial charge in [-0.3, -0.25) is 4.79 Å². The molecule has 0 aliphatic rings. The van der Waals surface area contributed by atoms with Crippen molar-refractivity contribution in [3.8, 4) is 11.8 Å². The first-order chi connectivity index (χ1) is 10.6. The summed E-state index contributed by atoms with van der Waals surface area (Å²) in [5, 5.41) is 2.82. The zero-order valence-corrected chi connectivity index (χ0v) is 13.2. The van der Waals surface area contributed by atoms with Crippen LogP contribution < -0.4 is 10.2 Å². The molecule has 0 aliphatic carbocycles. The number of benzene rings is 2. The van der Waals surface area contributed by atoms with E-state index >= 15 is 0 Å². The molecule has 0 radical (unpaired) electrons. The molecule has 0 aromatic heterocycles. The van der Waals surface area contributed by atoms with Crippen LogP contribution in [0.5, 0.6) is 0 Å². The van der Waals surface area contributed by atoms with Crippen molar-refractivity contribution in [2.24, 2.45) is 0 Å². The fraction of sp³-hybridized carbons (Fsp3) is 0.211. The van der Waals surface area contributed by atoms with Crippen molar-refractivity contribution in [1.82, 2.24) is 5.32 Å². The zero-order valence-electron chi connectivity index (χ0n) is 13.2. The highest BCUT2D eigenvalue weighted by atomic mass is 16.1. The number of hydrogen-bond acceptors (Lipinski definition) is 2. The van der Waals surface area contributed by atoms with Gasteiger partial charge in [-0.15, -0.1) is 0 Å². The third-order valence-electron chi connectivity index (χ3n) is 3.23. The van der Waals surface area contributed by atoms with E-state index in [2.05, 4.69) is 17.2 Å². The highest BCUT2D eigenvalue weighted by Crippen LogP contribution is 2.16. The molecule has 0 unspecified atom stereocenters. The summed E-state index contributed by atoms with van der Waals surface area (Å²) in [5.74, 6) is 6.01. The lowest BCUT2D eigenvalue weighted by atomic mass is 10.1. The van der Waals surface area contributed by atoms with E-state index in [0.717, 1.165) is 16.8 Å². The SMILES string of the molecule is Cc1cccc(C(=O)NCC#Cc2ccccc2N(C)C)c1. The first-order valence-electron chi connectivity index (χ1n) is 7.18. The van der Waals surface area contributed by atoms with Gasteiger partial charge in [-0.2, -0.15) is 0 Å². The number of carbonyl (C=O) groups excluding carboxylic acids is 1. The summed E-state index contributed by atoms with van der Waals surface area (Å²) in [4.78, 5) is 14.0. The maximum Gasteiger partial charge on any atom is 0.252 e. The lowest BCUT2D eigenvalue weighted by molar-refractivity contribution is 0.0958. The van der Waals surface area contributed by atoms with Crippen LogP contribution in [0, 0.1) is 18.8 Å². The molecule has 0 bridgehead atoms. The van der Waals surface area contributed by atoms with Crippen LogP contribution in [-0.4, -0.2) is 26.5 Å². The van der Waals surface area contributed by atoms with Gasteiger partial charge in [-0.05, 0) is 31.2 Å². The fourth-order valence-electron chi connectivity index (χ4n) is 2.12. The Kier molecular flexibility index (Phi) is 5.21. The zero-order chi connectivity index (χ0) is 15.9. The standard InChI is InChI=1S/C19H20N2O/c1-15-8-6-10-17(14-15)19(22)20-13-7-11-16-9-4-5-12-18(16)21(2)3/h4-6,8-10,12,14H,13H2,1-3H3,(H,20,22). The van der Waals surface area contributed by atoms with E-state index in [0.29, 0.717) is 12.1 Å². The van der Waals surface area contributed by atoms with Gasteiger partial charge in [0.15, 0.2) is 0 Å². The summed E-state index contributed by atoms with van der Waals surface area (Å²) in [6, 6.07) is 15.5. The second-order valence-electron chi connectivity index (χ2n) is 5.27. The number of aryl methyl sites for hydroxylation is 1. The van der Waals surface area contributed by atoms with Crippen LogP contribution >= 0.6 is 0 Å². The number of hydrogen-bond donors (Lipinski definition) is 1. The molecule has 3 heteroatoms. The number of nitrogens with zero attached hydrogens (tertiary/aromatic N) is 1. The monoisotopic (exact) mass is 292 g/mol. The molecule has 0 aliphatic heterocycles. The summed E-state index contributed by atoms with van der Waals surface area (Å²) >= 11 is 0. The number of para-hydroxylation sites is 1. The molecule has 0 fully saturated rings. The Hall–Kier alpha value is -2.73. The summed E-state index contributed by atoms with van der Waals surface area (Å²) < 4.78 is 0. The Labute approximate surface area is 132 Å². The topological polar surface area (TPSA) is 32.3 Å². The maximum atomic E-state index is 12.0. The second kappa shape index (κ2) is 7.33. The van der Waals surface area contributed by atoms with Crippen molar-refractivity contribution >= 4 is 11.6 Å². The van der Waals surface area contributed by atoms with Crippen LogP contribution in [0.3, 0.4) is 0 Å². The molecule has 2 aromatic carbocycles. The van der Waals surface area contributed by atoms with E-state index in [-0.39, 0.29) is 5.91 Å². The molecule has 112 valence electrons. The molecule has 0 saturated heterocycles. The summed E-state index contributed by atoms with van der Waals surface area (Å²) in [7, 11) is 3.97. The van der Waals surface area contributed by atoms with Crippen LogP contribution in [0.1, 0.15) is 21.5 Å². The van der Waals surface area contributed by atoms with E-state index < -0.39 is 0 Å². The minimum absolute atomic E-state index is 0.0982. The first-order valence-corrected chi connectivity index (χ1v) is 7.18. The van der Waals surface area contributed by atoms with Crippen molar-refractivity contribution in [1.29, 1.82) is 0 Å². The first kappa shape index (κ1) is 15.7. The van der Waals surface area contributed by atoms with E-state index in [1.165, 1.54) is 0 Å². The quantitative estimate of drug-likeness (QED) is 0.882. The van der Waals surface area contributed by atoms with E-state index in [1.807, 2.05) is 68.4 Å². The molecule has 3 nitrogen and oxygen atoms in total. The maximum absolute atomic E-state index is 12.0. The molecular weight excluding hydrogens is 272 g/mol. The van der Waals surface area contributed by atoms with E-state index in [9.17, 15) is 4.79 Å². The second-order valence-corrected chi connectivity index (χ2v) is 5.27. The minimum atomic E-state index is -0.0982. The summed E-state index contributed by atoms with van der Waals surface area (Å²) in [6.45, 7) is 2.29. The molecule has 0 heterocycles. The van der Waals surface area contributed by atoms with Crippen LogP contribution in [-0.2, 0) is 0 Å². The fourth-order valence-corrected chi connectivity index (χ4v) is 2.12. The number of carbonyl (C=O) groups is 1. The molecule has 0 spiro atoms. The van der Waals surface area contributed by atoms with Gasteiger partial charge in [0.05, 0.1) is 12.2 Å². The van der Waals surface area contributed by atoms with Gasteiger partial charge < -0.3 is 10.2 Å². The largest absolute Gasteiger partial charge is 0.377 e. The van der Waals surface area contributed by atoms with Gasteiger partial charge in [0.1, 0.15) is 0 Å². The number of anilines is 1. The average molecular weight is 292 g/mol. The molecule has 22 heavy (non-hydrogen) atoms. The molecule has 0 saturated carbocycles. The van der Waals surface area contributed by atoms with Gasteiger partial charge >= 0.3 is 0 Å². The Morgan fingerprint density at radius 3 is 2.64 bits per heavy atom. The summed E-state index contributed by atoms with van der Waals surface area (Å²) in [6.07, 6.45) is 0. The Morgan fingerprint density at radius 2 is 1.91 bits per heavy atom. The Balaban J connectivity index is 1.99. The van der Waals surface area contributed by atoms with Crippen LogP contribution in [0.4, 0.5) is 5.69 Å². The molecule has 2 rings (SSSR count). The Bertz CT molecular complexity index is 723. The van der Waals surface area contributed by atoms with Gasteiger partial charge in [0, 0.05) is 25.2 Å². The van der Waals surface area contributed by atoms with Gasteiger partial charge in [0.25, 0.3) is 5.91 Å². The van der Waals surface area contributed by atoms with Crippen molar-refractivity contribution in [2.45, 2.75) is 6.92 Å². The normalized spacial score (nSPS) is 9.59. The minimum Gasteiger partial charge on any atom is -0.377 e. The van der Waals surface area contributed by atoms with Gasteiger partial charge in [-0.25, -0.2) is 0 Å². The predicted octanol–water partition coefficient (Wildman–Crippen LogP) is 2.84. The average Bonchev–Trinajstić information content (AvgIpc) is 2.51. The third-order valence-corrected chi connectivity index (χ3v) is 3.23. The van der Waals surface area contributed by atoms with Crippen molar-refractivity contribution in [3.05, 3.63) is 65.2 Å². The van der Waals surface area contributed by atoms with Gasteiger partial charge in [0.2, 0.25) is 0 Å². The molecule has 1 amide bonds. The van der Waals surface area contributed by atoms with Crippen molar-refractivity contribution in [3.63, 3.8) is 0 Å². The summed E-state index contributed by atoms with van der Waals surface area (Å²) in [5.41, 5.74) is 3.76. The lowest BCUT2D eigenvalue weighted by Crippen LogP contribution is -2.23. The van der Waals surface area contributed by atoms with Crippen LogP contribution in [0.2, 0.25) is 0 Å². The van der Waals surface area contributed by atoms with Crippen LogP contribution in [0.15, 0.2) is 48.5 Å². The highest BCUT2D eigenvalue weighted by Gasteiger charge is 2.03. The lowest BCUT2D eigenvalue weighted by Gasteiger charge is -2.13. The number of nitrogens with one attached hydrogen (secondary N) is 1. The Morgan fingerprint density at radius 1 is 1.14 bits per heavy atom. The van der Waals surface area contributed by atoms with Crippen molar-refractivity contribution < 1.29 is 4.79 Å². The van der Waals surface area contributed by atoms with E-state index in [1.54, 1.807) is 6.07 Å². The molecular formula is C19H20N2O. The smallest absolute Gasteiger partial charge is 0.252 e. The van der Waals surface area contributed by atoms with Crippen molar-refractivity contribution in [2.75, 3.05) is 25.5 Å². The van der Waals surface area contributed by atoms with E-state index in [4.69, 9.17) is 0 Å². The number of amides is 1. The third kappa shape index (κ3) is 4.13. The molecule has 2 aromatic rings. The molecule has 0 atom stereocenters. The van der Waals surface area contributed by atoms with Crippen LogP contribution in [0.25, 0.3) is 0 Å². The predicted molar refractivity (Wildman–Crippen MR) is 91.2 cm³/mol.